The molecule has 2 N–H and O–H groups in total. The quantitative estimate of drug-likeness (QED) is 0.871. The third kappa shape index (κ3) is 2.93. The Morgan fingerprint density at radius 1 is 1.37 bits per heavy atom. The van der Waals surface area contributed by atoms with Crippen LogP contribution in [-0.4, -0.2) is 26.7 Å². The molecule has 2 heterocycles. The minimum atomic E-state index is 0.481. The maximum Gasteiger partial charge on any atom is 0.122 e. The van der Waals surface area contributed by atoms with E-state index in [0.29, 0.717) is 6.04 Å². The lowest BCUT2D eigenvalue weighted by molar-refractivity contribution is 0.318. The Bertz CT molecular complexity index is 427. The molecule has 3 nitrogen and oxygen atoms in total. The zero-order valence-electron chi connectivity index (χ0n) is 11.7. The van der Waals surface area contributed by atoms with Gasteiger partial charge in [0.2, 0.25) is 0 Å². The summed E-state index contributed by atoms with van der Waals surface area (Å²) in [5.41, 5.74) is 2.80. The van der Waals surface area contributed by atoms with Crippen LogP contribution in [0.15, 0.2) is 18.2 Å². The normalized spacial score (nSPS) is 20.9. The standard InChI is InChI=1S/C16H24N2O/c1-17-15(10-12-4-7-18-8-5-12)13-2-3-16-14(11-13)6-9-19-16/h2-3,11-12,15,17-18H,4-10H2,1H3. The number of nitrogens with one attached hydrogen (secondary N) is 2. The molecule has 1 atom stereocenters. The zero-order chi connectivity index (χ0) is 13.1. The van der Waals surface area contributed by atoms with Crippen molar-refractivity contribution in [1.82, 2.24) is 10.6 Å². The number of piperidine rings is 1. The van der Waals surface area contributed by atoms with E-state index in [1.807, 2.05) is 0 Å². The average molecular weight is 260 g/mol. The Kier molecular flexibility index (Phi) is 4.04. The molecule has 19 heavy (non-hydrogen) atoms. The third-order valence-corrected chi connectivity index (χ3v) is 4.49. The van der Waals surface area contributed by atoms with Gasteiger partial charge in [-0.1, -0.05) is 12.1 Å². The molecule has 1 aromatic carbocycles. The van der Waals surface area contributed by atoms with E-state index in [1.54, 1.807) is 0 Å². The Labute approximate surface area is 115 Å². The van der Waals surface area contributed by atoms with Crippen molar-refractivity contribution in [3.8, 4) is 5.75 Å². The largest absolute Gasteiger partial charge is 0.493 e. The van der Waals surface area contributed by atoms with Crippen LogP contribution in [0.25, 0.3) is 0 Å². The molecule has 1 saturated heterocycles. The van der Waals surface area contributed by atoms with Crippen molar-refractivity contribution in [3.05, 3.63) is 29.3 Å². The van der Waals surface area contributed by atoms with Crippen molar-refractivity contribution >= 4 is 0 Å². The fourth-order valence-electron chi connectivity index (χ4n) is 3.29. The predicted molar refractivity (Wildman–Crippen MR) is 77.7 cm³/mol. The molecule has 1 fully saturated rings. The zero-order valence-corrected chi connectivity index (χ0v) is 11.7. The van der Waals surface area contributed by atoms with Gasteiger partial charge in [-0.05, 0) is 62.5 Å². The van der Waals surface area contributed by atoms with Gasteiger partial charge in [-0.25, -0.2) is 0 Å². The summed E-state index contributed by atoms with van der Waals surface area (Å²) in [5.74, 6) is 1.93. The Balaban J connectivity index is 1.70. The molecule has 3 rings (SSSR count). The summed E-state index contributed by atoms with van der Waals surface area (Å²) in [6.07, 6.45) is 4.93. The molecule has 0 saturated carbocycles. The fourth-order valence-corrected chi connectivity index (χ4v) is 3.29. The van der Waals surface area contributed by atoms with Gasteiger partial charge in [-0.3, -0.25) is 0 Å². The highest BCUT2D eigenvalue weighted by atomic mass is 16.5. The molecule has 1 aromatic rings. The first-order chi connectivity index (χ1) is 9.36. The maximum atomic E-state index is 5.59. The molecule has 0 spiro atoms. The smallest absolute Gasteiger partial charge is 0.122 e. The van der Waals surface area contributed by atoms with Crippen molar-refractivity contribution in [3.63, 3.8) is 0 Å². The second kappa shape index (κ2) is 5.93. The molecule has 2 aliphatic heterocycles. The van der Waals surface area contributed by atoms with Gasteiger partial charge in [-0.2, -0.15) is 0 Å². The molecule has 0 bridgehead atoms. The van der Waals surface area contributed by atoms with E-state index < -0.39 is 0 Å². The number of fused-ring (bicyclic) bond motifs is 1. The van der Waals surface area contributed by atoms with E-state index in [2.05, 4.69) is 35.9 Å². The number of rotatable bonds is 4. The van der Waals surface area contributed by atoms with E-state index in [9.17, 15) is 0 Å². The predicted octanol–water partition coefficient (Wildman–Crippen LogP) is 2.27. The number of hydrogen-bond acceptors (Lipinski definition) is 3. The second-order valence-electron chi connectivity index (χ2n) is 5.74. The van der Waals surface area contributed by atoms with Gasteiger partial charge in [-0.15, -0.1) is 0 Å². The van der Waals surface area contributed by atoms with Crippen LogP contribution < -0.4 is 15.4 Å². The third-order valence-electron chi connectivity index (χ3n) is 4.49. The second-order valence-corrected chi connectivity index (χ2v) is 5.74. The Hall–Kier alpha value is -1.06. The first-order valence-corrected chi connectivity index (χ1v) is 7.50. The van der Waals surface area contributed by atoms with Crippen LogP contribution in [0, 0.1) is 5.92 Å². The molecule has 3 heteroatoms. The molecule has 0 aliphatic carbocycles. The summed E-state index contributed by atoms with van der Waals surface area (Å²) in [6.45, 7) is 3.20. The van der Waals surface area contributed by atoms with Crippen LogP contribution in [0.2, 0.25) is 0 Å². The van der Waals surface area contributed by atoms with E-state index in [4.69, 9.17) is 4.74 Å². The van der Waals surface area contributed by atoms with Gasteiger partial charge in [0.1, 0.15) is 5.75 Å². The van der Waals surface area contributed by atoms with E-state index >= 15 is 0 Å². The van der Waals surface area contributed by atoms with Crippen molar-refractivity contribution < 1.29 is 4.74 Å². The fraction of sp³-hybridized carbons (Fsp3) is 0.625. The highest BCUT2D eigenvalue weighted by Crippen LogP contribution is 2.31. The minimum Gasteiger partial charge on any atom is -0.493 e. The van der Waals surface area contributed by atoms with Crippen LogP contribution in [0.4, 0.5) is 0 Å². The molecule has 0 aromatic heterocycles. The van der Waals surface area contributed by atoms with Gasteiger partial charge >= 0.3 is 0 Å². The lowest BCUT2D eigenvalue weighted by Crippen LogP contribution is -2.30. The topological polar surface area (TPSA) is 33.3 Å². The summed E-state index contributed by atoms with van der Waals surface area (Å²) in [7, 11) is 2.08. The van der Waals surface area contributed by atoms with E-state index in [-0.39, 0.29) is 0 Å². The van der Waals surface area contributed by atoms with Crippen molar-refractivity contribution in [2.75, 3.05) is 26.7 Å². The van der Waals surface area contributed by atoms with Crippen LogP contribution in [0.1, 0.15) is 36.4 Å². The first-order valence-electron chi connectivity index (χ1n) is 7.50. The highest BCUT2D eigenvalue weighted by Gasteiger charge is 2.20. The summed E-state index contributed by atoms with van der Waals surface area (Å²) >= 11 is 0. The first kappa shape index (κ1) is 12.9. The van der Waals surface area contributed by atoms with Crippen molar-refractivity contribution in [1.29, 1.82) is 0 Å². The summed E-state index contributed by atoms with van der Waals surface area (Å²) in [5, 5.41) is 6.94. The van der Waals surface area contributed by atoms with Crippen LogP contribution in [0.3, 0.4) is 0 Å². The summed E-state index contributed by atoms with van der Waals surface area (Å²) in [4.78, 5) is 0. The van der Waals surface area contributed by atoms with Gasteiger partial charge in [0.15, 0.2) is 0 Å². The highest BCUT2D eigenvalue weighted by molar-refractivity contribution is 5.40. The van der Waals surface area contributed by atoms with Crippen LogP contribution in [-0.2, 0) is 6.42 Å². The summed E-state index contributed by atoms with van der Waals surface area (Å²) in [6, 6.07) is 7.19. The number of ether oxygens (including phenoxy) is 1. The van der Waals surface area contributed by atoms with E-state index in [0.717, 1.165) is 24.7 Å². The number of hydrogen-bond donors (Lipinski definition) is 2. The molecule has 0 amide bonds. The Morgan fingerprint density at radius 3 is 3.00 bits per heavy atom. The van der Waals surface area contributed by atoms with Gasteiger partial charge in [0.25, 0.3) is 0 Å². The minimum absolute atomic E-state index is 0.481. The van der Waals surface area contributed by atoms with Gasteiger partial charge < -0.3 is 15.4 Å². The number of benzene rings is 1. The molecular formula is C16H24N2O. The van der Waals surface area contributed by atoms with Crippen LogP contribution >= 0.6 is 0 Å². The molecule has 104 valence electrons. The van der Waals surface area contributed by atoms with Crippen molar-refractivity contribution in [2.45, 2.75) is 31.7 Å². The average Bonchev–Trinajstić information content (AvgIpc) is 2.93. The van der Waals surface area contributed by atoms with Gasteiger partial charge in [0, 0.05) is 12.5 Å². The molecule has 0 radical (unpaired) electrons. The Morgan fingerprint density at radius 2 is 2.21 bits per heavy atom. The van der Waals surface area contributed by atoms with Crippen LogP contribution in [0.5, 0.6) is 5.75 Å². The molecule has 2 aliphatic rings. The van der Waals surface area contributed by atoms with Crippen molar-refractivity contribution in [2.24, 2.45) is 5.92 Å². The summed E-state index contributed by atoms with van der Waals surface area (Å²) < 4.78 is 5.59. The monoisotopic (exact) mass is 260 g/mol. The SMILES string of the molecule is CNC(CC1CCNCC1)c1ccc2c(c1)CCO2. The molecule has 1 unspecified atom stereocenters. The lowest BCUT2D eigenvalue weighted by atomic mass is 9.88. The lowest BCUT2D eigenvalue weighted by Gasteiger charge is -2.27. The maximum absolute atomic E-state index is 5.59. The van der Waals surface area contributed by atoms with Gasteiger partial charge in [0.05, 0.1) is 6.61 Å². The van der Waals surface area contributed by atoms with E-state index in [1.165, 1.54) is 43.5 Å². The molecular weight excluding hydrogens is 236 g/mol.